The van der Waals surface area contributed by atoms with Crippen LogP contribution in [-0.2, 0) is 33.3 Å². The Kier molecular flexibility index (Phi) is 11.1. The summed E-state index contributed by atoms with van der Waals surface area (Å²) >= 11 is 0. The van der Waals surface area contributed by atoms with Crippen molar-refractivity contribution in [3.05, 3.63) is 23.3 Å². The zero-order valence-electron chi connectivity index (χ0n) is 24.7. The van der Waals surface area contributed by atoms with Crippen molar-refractivity contribution in [2.75, 3.05) is 13.2 Å². The molecule has 0 aromatic carbocycles. The highest BCUT2D eigenvalue weighted by Crippen LogP contribution is 2.48. The monoisotopic (exact) mass is 559 g/mol. The lowest BCUT2D eigenvalue weighted by atomic mass is 9.78. The summed E-state index contributed by atoms with van der Waals surface area (Å²) in [6.45, 7) is 11.2. The first kappa shape index (κ1) is 31.5. The third-order valence-corrected chi connectivity index (χ3v) is 7.57. The second kappa shape index (κ2) is 14.1. The second-order valence-corrected chi connectivity index (χ2v) is 11.4. The van der Waals surface area contributed by atoms with Crippen molar-refractivity contribution in [3.8, 4) is 0 Å². The molecule has 1 aliphatic carbocycles. The first-order chi connectivity index (χ1) is 19.0. The van der Waals surface area contributed by atoms with Crippen LogP contribution in [0.4, 0.5) is 0 Å². The number of rotatable bonds is 12. The average molecular weight is 560 g/mol. The van der Waals surface area contributed by atoms with Crippen LogP contribution in [0.15, 0.2) is 33.3 Å². The van der Waals surface area contributed by atoms with Gasteiger partial charge in [0.1, 0.15) is 30.5 Å². The molecule has 10 heteroatoms. The van der Waals surface area contributed by atoms with Crippen molar-refractivity contribution >= 4 is 30.1 Å². The van der Waals surface area contributed by atoms with Crippen molar-refractivity contribution in [1.29, 1.82) is 0 Å². The van der Waals surface area contributed by atoms with E-state index in [1.807, 2.05) is 19.1 Å². The average Bonchev–Trinajstić information content (AvgIpc) is 3.43. The van der Waals surface area contributed by atoms with Crippen molar-refractivity contribution in [1.82, 2.24) is 0 Å². The topological polar surface area (TPSA) is 139 Å². The van der Waals surface area contributed by atoms with Crippen LogP contribution in [0.2, 0.25) is 0 Å². The van der Waals surface area contributed by atoms with Gasteiger partial charge in [-0.15, -0.1) is 0 Å². The number of carbonyl (C=O) groups is 3. The number of carbonyl (C=O) groups excluding carboxylic acids is 3. The fraction of sp³-hybridized carbons (Fsp3) is 0.700. The number of amidine groups is 1. The Labute approximate surface area is 237 Å². The zero-order chi connectivity index (χ0) is 29.4. The van der Waals surface area contributed by atoms with Crippen molar-refractivity contribution < 1.29 is 33.3 Å². The van der Waals surface area contributed by atoms with Gasteiger partial charge in [-0.3, -0.25) is 19.4 Å². The van der Waals surface area contributed by atoms with Crippen molar-refractivity contribution in [2.45, 2.75) is 104 Å². The SMILES string of the molecule is CCCCCCC(=O)OC[C@H]1O[C@@](C)(C2=CC=C3C(N)=NC=NCCC32)[C@H](OC(=O)C(C)C)[C@@H]1OC(=O)C(C)C. The van der Waals surface area contributed by atoms with Gasteiger partial charge in [0.15, 0.2) is 12.2 Å². The highest BCUT2D eigenvalue weighted by atomic mass is 16.7. The number of nitrogens with zero attached hydrogens (tertiary/aromatic N) is 2. The van der Waals surface area contributed by atoms with E-state index in [9.17, 15) is 14.4 Å². The predicted molar refractivity (Wildman–Crippen MR) is 152 cm³/mol. The predicted octanol–water partition coefficient (Wildman–Crippen LogP) is 4.06. The molecule has 0 bridgehead atoms. The standard InChI is InChI=1S/C30H45N3O7/c1-7-8-9-10-11-24(34)37-16-23-25(38-28(35)18(2)3)26(39-29(36)19(4)5)30(6,40-23)22-13-12-21-20(22)14-15-32-17-33-27(21)31/h12-13,17-20,23,25-26H,7-11,14-16H2,1-6H3,(H2,31,32,33)/t20?,23-,25-,26-,30+/m1/s1. The Morgan fingerprint density at radius 2 is 1.77 bits per heavy atom. The Morgan fingerprint density at radius 1 is 1.07 bits per heavy atom. The van der Waals surface area contributed by atoms with Crippen molar-refractivity contribution in [2.24, 2.45) is 33.5 Å². The van der Waals surface area contributed by atoms with Crippen LogP contribution < -0.4 is 5.73 Å². The Morgan fingerprint density at radius 3 is 2.45 bits per heavy atom. The molecule has 0 aromatic heterocycles. The largest absolute Gasteiger partial charge is 0.463 e. The number of hydrogen-bond acceptors (Lipinski definition) is 10. The molecule has 0 aromatic rings. The first-order valence-electron chi connectivity index (χ1n) is 14.5. The lowest BCUT2D eigenvalue weighted by Gasteiger charge is -2.36. The number of hydrogen-bond donors (Lipinski definition) is 1. The first-order valence-corrected chi connectivity index (χ1v) is 14.5. The molecule has 3 aliphatic rings. The summed E-state index contributed by atoms with van der Waals surface area (Å²) in [5.41, 5.74) is 6.70. The number of fused-ring (bicyclic) bond motifs is 1. The van der Waals surface area contributed by atoms with Crippen LogP contribution in [0.1, 0.15) is 80.1 Å². The summed E-state index contributed by atoms with van der Waals surface area (Å²) in [7, 11) is 0. The summed E-state index contributed by atoms with van der Waals surface area (Å²) in [5.74, 6) is -1.93. The number of esters is 3. The van der Waals surface area contributed by atoms with Gasteiger partial charge in [-0.1, -0.05) is 66.0 Å². The molecule has 0 amide bonds. The third kappa shape index (κ3) is 7.38. The van der Waals surface area contributed by atoms with Crippen LogP contribution in [0, 0.1) is 17.8 Å². The molecule has 10 nitrogen and oxygen atoms in total. The highest BCUT2D eigenvalue weighted by molar-refractivity contribution is 6.02. The Hall–Kier alpha value is -3.01. The molecule has 2 heterocycles. The normalized spacial score (nSPS) is 27.9. The van der Waals surface area contributed by atoms with E-state index in [1.54, 1.807) is 27.7 Å². The van der Waals surface area contributed by atoms with Crippen LogP contribution in [0.25, 0.3) is 0 Å². The molecule has 40 heavy (non-hydrogen) atoms. The van der Waals surface area contributed by atoms with E-state index < -0.39 is 47.7 Å². The fourth-order valence-electron chi connectivity index (χ4n) is 5.21. The molecule has 1 unspecified atom stereocenters. The molecule has 0 spiro atoms. The smallest absolute Gasteiger partial charge is 0.308 e. The van der Waals surface area contributed by atoms with Gasteiger partial charge in [0.25, 0.3) is 0 Å². The van der Waals surface area contributed by atoms with Crippen LogP contribution in [0.5, 0.6) is 0 Å². The van der Waals surface area contributed by atoms with Gasteiger partial charge < -0.3 is 24.7 Å². The number of aliphatic imine (C=N–C) groups is 2. The lowest BCUT2D eigenvalue weighted by molar-refractivity contribution is -0.173. The Bertz CT molecular complexity index is 1060. The van der Waals surface area contributed by atoms with E-state index in [2.05, 4.69) is 16.9 Å². The molecule has 2 N–H and O–H groups in total. The summed E-state index contributed by atoms with van der Waals surface area (Å²) in [6.07, 6.45) is 7.20. The maximum absolute atomic E-state index is 13.0. The van der Waals surface area contributed by atoms with Gasteiger partial charge in [-0.25, -0.2) is 4.99 Å². The van der Waals surface area contributed by atoms with E-state index in [-0.39, 0.29) is 18.5 Å². The zero-order valence-corrected chi connectivity index (χ0v) is 24.7. The molecule has 5 atom stereocenters. The van der Waals surface area contributed by atoms with Gasteiger partial charge in [-0.05, 0) is 25.3 Å². The number of nitrogens with two attached hydrogens (primary N) is 1. The molecule has 1 fully saturated rings. The summed E-state index contributed by atoms with van der Waals surface area (Å²) in [6, 6.07) is 0. The summed E-state index contributed by atoms with van der Waals surface area (Å²) < 4.78 is 24.2. The maximum atomic E-state index is 13.0. The quantitative estimate of drug-likeness (QED) is 0.215. The van der Waals surface area contributed by atoms with Crippen molar-refractivity contribution in [3.63, 3.8) is 0 Å². The summed E-state index contributed by atoms with van der Waals surface area (Å²) in [4.78, 5) is 46.8. The van der Waals surface area contributed by atoms with Gasteiger partial charge >= 0.3 is 17.9 Å². The lowest BCUT2D eigenvalue weighted by Crippen LogP contribution is -2.49. The van der Waals surface area contributed by atoms with Crippen LogP contribution in [0.3, 0.4) is 0 Å². The van der Waals surface area contributed by atoms with Gasteiger partial charge in [0.2, 0.25) is 0 Å². The maximum Gasteiger partial charge on any atom is 0.308 e. The minimum atomic E-state index is -1.20. The molecular formula is C30H45N3O7. The van der Waals surface area contributed by atoms with E-state index >= 15 is 0 Å². The van der Waals surface area contributed by atoms with Crippen LogP contribution >= 0.6 is 0 Å². The Balaban J connectivity index is 1.93. The van der Waals surface area contributed by atoms with E-state index in [4.69, 9.17) is 24.7 Å². The second-order valence-electron chi connectivity index (χ2n) is 11.4. The van der Waals surface area contributed by atoms with Gasteiger partial charge in [0, 0.05) is 24.5 Å². The molecule has 0 radical (unpaired) electrons. The molecule has 3 rings (SSSR count). The third-order valence-electron chi connectivity index (χ3n) is 7.57. The molecule has 1 saturated heterocycles. The molecule has 2 aliphatic heterocycles. The minimum Gasteiger partial charge on any atom is -0.463 e. The number of unbranched alkanes of at least 4 members (excludes halogenated alkanes) is 3. The van der Waals surface area contributed by atoms with Crippen LogP contribution in [-0.4, -0.2) is 67.1 Å². The highest BCUT2D eigenvalue weighted by Gasteiger charge is 2.60. The molecule has 0 saturated carbocycles. The number of allylic oxidation sites excluding steroid dienone is 2. The van der Waals surface area contributed by atoms with Gasteiger partial charge in [-0.2, -0.15) is 0 Å². The van der Waals surface area contributed by atoms with E-state index in [0.717, 1.165) is 36.8 Å². The van der Waals surface area contributed by atoms with Gasteiger partial charge in [0.05, 0.1) is 11.8 Å². The minimum absolute atomic E-state index is 0.139. The summed E-state index contributed by atoms with van der Waals surface area (Å²) in [5, 5.41) is 0. The molecular weight excluding hydrogens is 514 g/mol. The number of ether oxygens (including phenoxy) is 4. The molecule has 222 valence electrons. The fourth-order valence-corrected chi connectivity index (χ4v) is 5.21. The van der Waals surface area contributed by atoms with E-state index in [0.29, 0.717) is 25.2 Å². The van der Waals surface area contributed by atoms with E-state index in [1.165, 1.54) is 6.34 Å².